The average Bonchev–Trinajstić information content (AvgIpc) is 3.12. The topological polar surface area (TPSA) is 54.7 Å². The van der Waals surface area contributed by atoms with Crippen molar-refractivity contribution in [1.82, 2.24) is 10.2 Å². The molecule has 0 bridgehead atoms. The SMILES string of the molecule is CC1CN(Cc2ccc(C(=O)NC(C)c3cc4ccccc4o3)cc2)CC(C)O1. The molecule has 0 saturated carbocycles. The number of amides is 1. The largest absolute Gasteiger partial charge is 0.459 e. The number of ether oxygens (including phenoxy) is 1. The van der Waals surface area contributed by atoms with E-state index in [-0.39, 0.29) is 24.2 Å². The van der Waals surface area contributed by atoms with Crippen molar-refractivity contribution in [2.75, 3.05) is 13.1 Å². The molecule has 4 rings (SSSR count). The van der Waals surface area contributed by atoms with E-state index in [1.807, 2.05) is 61.5 Å². The Morgan fingerprint density at radius 2 is 1.79 bits per heavy atom. The van der Waals surface area contributed by atoms with Gasteiger partial charge in [0.15, 0.2) is 0 Å². The number of hydrogen-bond donors (Lipinski definition) is 1. The van der Waals surface area contributed by atoms with E-state index in [9.17, 15) is 4.79 Å². The van der Waals surface area contributed by atoms with Crippen molar-refractivity contribution in [3.05, 3.63) is 71.5 Å². The van der Waals surface area contributed by atoms with E-state index in [1.54, 1.807) is 0 Å². The molecule has 29 heavy (non-hydrogen) atoms. The number of hydrogen-bond acceptors (Lipinski definition) is 4. The molecule has 5 nitrogen and oxygen atoms in total. The fraction of sp³-hybridized carbons (Fsp3) is 0.375. The predicted molar refractivity (Wildman–Crippen MR) is 114 cm³/mol. The zero-order chi connectivity index (χ0) is 20.4. The second-order valence-corrected chi connectivity index (χ2v) is 8.03. The fourth-order valence-electron chi connectivity index (χ4n) is 4.00. The van der Waals surface area contributed by atoms with Crippen LogP contribution in [0.1, 0.15) is 48.5 Å². The summed E-state index contributed by atoms with van der Waals surface area (Å²) in [5.74, 6) is 0.657. The molecule has 3 atom stereocenters. The van der Waals surface area contributed by atoms with Crippen LogP contribution in [0.2, 0.25) is 0 Å². The molecule has 1 aliphatic heterocycles. The van der Waals surface area contributed by atoms with Gasteiger partial charge in [-0.3, -0.25) is 9.69 Å². The first kappa shape index (κ1) is 19.7. The Morgan fingerprint density at radius 1 is 1.10 bits per heavy atom. The number of benzene rings is 2. The van der Waals surface area contributed by atoms with Crippen LogP contribution in [-0.4, -0.2) is 36.1 Å². The minimum atomic E-state index is -0.203. The van der Waals surface area contributed by atoms with Crippen LogP contribution in [0.3, 0.4) is 0 Å². The van der Waals surface area contributed by atoms with Crippen LogP contribution in [0.25, 0.3) is 11.0 Å². The number of para-hydroxylation sites is 1. The van der Waals surface area contributed by atoms with E-state index < -0.39 is 0 Å². The first-order chi connectivity index (χ1) is 14.0. The van der Waals surface area contributed by atoms with Gasteiger partial charge in [0.25, 0.3) is 5.91 Å². The number of carbonyl (C=O) groups excluding carboxylic acids is 1. The highest BCUT2D eigenvalue weighted by atomic mass is 16.5. The van der Waals surface area contributed by atoms with Crippen LogP contribution in [-0.2, 0) is 11.3 Å². The fourth-order valence-corrected chi connectivity index (χ4v) is 4.00. The first-order valence-electron chi connectivity index (χ1n) is 10.2. The van der Waals surface area contributed by atoms with E-state index in [4.69, 9.17) is 9.15 Å². The van der Waals surface area contributed by atoms with Crippen molar-refractivity contribution in [1.29, 1.82) is 0 Å². The highest BCUT2D eigenvalue weighted by Gasteiger charge is 2.22. The molecular formula is C24H28N2O3. The van der Waals surface area contributed by atoms with E-state index in [0.29, 0.717) is 5.56 Å². The van der Waals surface area contributed by atoms with Gasteiger partial charge in [-0.05, 0) is 50.6 Å². The maximum atomic E-state index is 12.7. The molecule has 0 radical (unpaired) electrons. The Morgan fingerprint density at radius 3 is 2.48 bits per heavy atom. The van der Waals surface area contributed by atoms with Crippen LogP contribution in [0.15, 0.2) is 59.0 Å². The van der Waals surface area contributed by atoms with Gasteiger partial charge in [-0.2, -0.15) is 0 Å². The Bertz CT molecular complexity index is 936. The third-order valence-electron chi connectivity index (χ3n) is 5.34. The summed E-state index contributed by atoms with van der Waals surface area (Å²) in [6.07, 6.45) is 0.507. The van der Waals surface area contributed by atoms with Gasteiger partial charge in [0.05, 0.1) is 18.2 Å². The summed E-state index contributed by atoms with van der Waals surface area (Å²) in [4.78, 5) is 15.1. The molecule has 1 aliphatic rings. The molecule has 2 heterocycles. The second kappa shape index (κ2) is 8.39. The molecule has 5 heteroatoms. The highest BCUT2D eigenvalue weighted by molar-refractivity contribution is 5.94. The minimum absolute atomic E-state index is 0.0990. The first-order valence-corrected chi connectivity index (χ1v) is 10.2. The maximum Gasteiger partial charge on any atom is 0.251 e. The Balaban J connectivity index is 1.37. The van der Waals surface area contributed by atoms with Crippen LogP contribution >= 0.6 is 0 Å². The van der Waals surface area contributed by atoms with Crippen LogP contribution in [0, 0.1) is 0 Å². The lowest BCUT2D eigenvalue weighted by Gasteiger charge is -2.35. The van der Waals surface area contributed by atoms with E-state index >= 15 is 0 Å². The van der Waals surface area contributed by atoms with Crippen molar-refractivity contribution in [2.24, 2.45) is 0 Å². The molecule has 1 amide bonds. The number of fused-ring (bicyclic) bond motifs is 1. The summed E-state index contributed by atoms with van der Waals surface area (Å²) in [6.45, 7) is 8.89. The lowest BCUT2D eigenvalue weighted by Crippen LogP contribution is -2.44. The zero-order valence-electron chi connectivity index (χ0n) is 17.2. The summed E-state index contributed by atoms with van der Waals surface area (Å²) < 4.78 is 11.7. The Kier molecular flexibility index (Phi) is 5.69. The zero-order valence-corrected chi connectivity index (χ0v) is 17.2. The number of rotatable bonds is 5. The van der Waals surface area contributed by atoms with Crippen molar-refractivity contribution in [3.63, 3.8) is 0 Å². The van der Waals surface area contributed by atoms with Gasteiger partial charge in [-0.25, -0.2) is 0 Å². The molecule has 1 saturated heterocycles. The molecule has 3 unspecified atom stereocenters. The lowest BCUT2D eigenvalue weighted by molar-refractivity contribution is -0.0704. The normalized spacial score (nSPS) is 21.2. The van der Waals surface area contributed by atoms with Crippen molar-refractivity contribution < 1.29 is 13.9 Å². The third kappa shape index (κ3) is 4.69. The number of nitrogens with zero attached hydrogens (tertiary/aromatic N) is 1. The quantitative estimate of drug-likeness (QED) is 0.693. The van der Waals surface area contributed by atoms with E-state index in [0.717, 1.165) is 36.4 Å². The van der Waals surface area contributed by atoms with Gasteiger partial charge in [0.2, 0.25) is 0 Å². The second-order valence-electron chi connectivity index (χ2n) is 8.03. The van der Waals surface area contributed by atoms with Crippen molar-refractivity contribution >= 4 is 16.9 Å². The van der Waals surface area contributed by atoms with Gasteiger partial charge >= 0.3 is 0 Å². The molecule has 3 aromatic rings. The lowest BCUT2D eigenvalue weighted by atomic mass is 10.1. The number of nitrogens with one attached hydrogen (secondary N) is 1. The predicted octanol–water partition coefficient (Wildman–Crippen LogP) is 4.53. The Hall–Kier alpha value is -2.63. The molecule has 2 aromatic carbocycles. The van der Waals surface area contributed by atoms with Crippen LogP contribution in [0.4, 0.5) is 0 Å². The number of furan rings is 1. The number of morpholine rings is 1. The molecule has 0 spiro atoms. The minimum Gasteiger partial charge on any atom is -0.459 e. The van der Waals surface area contributed by atoms with Crippen LogP contribution < -0.4 is 5.32 Å². The monoisotopic (exact) mass is 392 g/mol. The van der Waals surface area contributed by atoms with Gasteiger partial charge in [0.1, 0.15) is 11.3 Å². The summed E-state index contributed by atoms with van der Waals surface area (Å²) in [7, 11) is 0. The summed E-state index contributed by atoms with van der Waals surface area (Å²) in [5, 5.41) is 4.07. The summed E-state index contributed by atoms with van der Waals surface area (Å²) in [6, 6.07) is 17.5. The van der Waals surface area contributed by atoms with Gasteiger partial charge in [0, 0.05) is 30.6 Å². The molecule has 152 valence electrons. The van der Waals surface area contributed by atoms with Gasteiger partial charge in [-0.15, -0.1) is 0 Å². The third-order valence-corrected chi connectivity index (χ3v) is 5.34. The van der Waals surface area contributed by atoms with Crippen molar-refractivity contribution in [2.45, 2.75) is 45.6 Å². The average molecular weight is 392 g/mol. The van der Waals surface area contributed by atoms with E-state index in [1.165, 1.54) is 5.56 Å². The summed E-state index contributed by atoms with van der Waals surface area (Å²) in [5.41, 5.74) is 2.69. The summed E-state index contributed by atoms with van der Waals surface area (Å²) >= 11 is 0. The highest BCUT2D eigenvalue weighted by Crippen LogP contribution is 2.24. The smallest absolute Gasteiger partial charge is 0.251 e. The molecular weight excluding hydrogens is 364 g/mol. The van der Waals surface area contributed by atoms with Gasteiger partial charge < -0.3 is 14.5 Å². The van der Waals surface area contributed by atoms with Gasteiger partial charge in [-0.1, -0.05) is 30.3 Å². The molecule has 1 fully saturated rings. The molecule has 0 aliphatic carbocycles. The van der Waals surface area contributed by atoms with Crippen LogP contribution in [0.5, 0.6) is 0 Å². The standard InChI is InChI=1S/C24H28N2O3/c1-16-13-26(14-17(2)28-16)15-19-8-10-20(11-9-19)24(27)25-18(3)23-12-21-6-4-5-7-22(21)29-23/h4-12,16-18H,13-15H2,1-3H3,(H,25,27). The molecule has 1 N–H and O–H groups in total. The van der Waals surface area contributed by atoms with Crippen molar-refractivity contribution in [3.8, 4) is 0 Å². The Labute approximate surface area is 171 Å². The molecule has 1 aromatic heterocycles. The number of carbonyl (C=O) groups is 1. The maximum absolute atomic E-state index is 12.7. The van der Waals surface area contributed by atoms with E-state index in [2.05, 4.69) is 24.1 Å².